The average Bonchev–Trinajstić information content (AvgIpc) is 2.73. The van der Waals surface area contributed by atoms with Crippen LogP contribution in [-0.2, 0) is 11.3 Å². The molecule has 0 radical (unpaired) electrons. The first-order chi connectivity index (χ1) is 9.52. The summed E-state index contributed by atoms with van der Waals surface area (Å²) in [6.45, 7) is 2.59. The van der Waals surface area contributed by atoms with Gasteiger partial charge in [0.25, 0.3) is 0 Å². The van der Waals surface area contributed by atoms with Crippen LogP contribution in [0.5, 0.6) is 0 Å². The fourth-order valence-corrected chi connectivity index (χ4v) is 4.07. The molecular weight excluding hydrogens is 381 g/mol. The quantitative estimate of drug-likeness (QED) is 0.657. The van der Waals surface area contributed by atoms with Crippen molar-refractivity contribution in [2.75, 3.05) is 12.4 Å². The molecule has 0 spiro atoms. The summed E-state index contributed by atoms with van der Waals surface area (Å²) in [5.74, 6) is 0. The van der Waals surface area contributed by atoms with E-state index in [-0.39, 0.29) is 6.04 Å². The smallest absolute Gasteiger partial charge is 0.0996 e. The van der Waals surface area contributed by atoms with E-state index in [1.165, 1.54) is 11.3 Å². The maximum absolute atomic E-state index is 6.20. The van der Waals surface area contributed by atoms with Gasteiger partial charge >= 0.3 is 0 Å². The minimum absolute atomic E-state index is 0.0659. The summed E-state index contributed by atoms with van der Waals surface area (Å²) in [5, 5.41) is 3.46. The first-order valence-electron chi connectivity index (χ1n) is 6.00. The first kappa shape index (κ1) is 16.1. The van der Waals surface area contributed by atoms with Crippen molar-refractivity contribution in [1.82, 2.24) is 0 Å². The van der Waals surface area contributed by atoms with Gasteiger partial charge in [0.05, 0.1) is 21.3 Å². The Hall–Kier alpha value is -0.260. The van der Waals surface area contributed by atoms with Gasteiger partial charge in [0, 0.05) is 28.4 Å². The Balaban J connectivity index is 2.25. The Morgan fingerprint density at radius 2 is 2.15 bits per heavy atom. The van der Waals surface area contributed by atoms with Crippen LogP contribution in [0, 0.1) is 0 Å². The van der Waals surface area contributed by atoms with E-state index >= 15 is 0 Å². The molecule has 0 aliphatic rings. The number of anilines is 1. The molecule has 1 aromatic heterocycles. The number of methoxy groups -OCH3 is 1. The highest BCUT2D eigenvalue weighted by molar-refractivity contribution is 9.10. The molecule has 1 unspecified atom stereocenters. The molecule has 20 heavy (non-hydrogen) atoms. The SMILES string of the molecule is COCc1c(Br)cccc1NC(C)c1cc(Cl)sc1Cl. The third-order valence-electron chi connectivity index (χ3n) is 2.93. The Morgan fingerprint density at radius 3 is 2.75 bits per heavy atom. The molecule has 6 heteroatoms. The van der Waals surface area contributed by atoms with Crippen molar-refractivity contribution in [3.8, 4) is 0 Å². The summed E-state index contributed by atoms with van der Waals surface area (Å²) < 4.78 is 7.69. The molecule has 1 N–H and O–H groups in total. The number of thiophene rings is 1. The van der Waals surface area contributed by atoms with E-state index in [2.05, 4.69) is 28.2 Å². The van der Waals surface area contributed by atoms with Crippen molar-refractivity contribution < 1.29 is 4.74 Å². The molecule has 0 aliphatic heterocycles. The van der Waals surface area contributed by atoms with Crippen LogP contribution in [0.3, 0.4) is 0 Å². The van der Waals surface area contributed by atoms with E-state index in [1.807, 2.05) is 24.3 Å². The van der Waals surface area contributed by atoms with Crippen molar-refractivity contribution in [3.05, 3.63) is 48.5 Å². The van der Waals surface area contributed by atoms with E-state index in [0.29, 0.717) is 10.9 Å². The molecule has 2 rings (SSSR count). The van der Waals surface area contributed by atoms with Crippen LogP contribution in [0.4, 0.5) is 5.69 Å². The molecule has 1 atom stereocenters. The predicted molar refractivity (Wildman–Crippen MR) is 91.2 cm³/mol. The zero-order valence-corrected chi connectivity index (χ0v) is 15.0. The molecule has 0 saturated heterocycles. The van der Waals surface area contributed by atoms with Crippen molar-refractivity contribution in [3.63, 3.8) is 0 Å². The molecule has 0 saturated carbocycles. The molecule has 108 valence electrons. The molecule has 2 nitrogen and oxygen atoms in total. The monoisotopic (exact) mass is 393 g/mol. The second kappa shape index (κ2) is 7.14. The van der Waals surface area contributed by atoms with E-state index < -0.39 is 0 Å². The van der Waals surface area contributed by atoms with Gasteiger partial charge in [-0.3, -0.25) is 0 Å². The summed E-state index contributed by atoms with van der Waals surface area (Å²) in [6.07, 6.45) is 0. The van der Waals surface area contributed by atoms with Crippen LogP contribution in [-0.4, -0.2) is 7.11 Å². The third kappa shape index (κ3) is 3.68. The van der Waals surface area contributed by atoms with Gasteiger partial charge in [-0.25, -0.2) is 0 Å². The van der Waals surface area contributed by atoms with Gasteiger partial charge in [-0.15, -0.1) is 11.3 Å². The minimum atomic E-state index is 0.0659. The molecule has 0 aliphatic carbocycles. The first-order valence-corrected chi connectivity index (χ1v) is 8.37. The topological polar surface area (TPSA) is 21.3 Å². The lowest BCUT2D eigenvalue weighted by atomic mass is 10.1. The molecule has 0 amide bonds. The van der Waals surface area contributed by atoms with Crippen LogP contribution in [0.25, 0.3) is 0 Å². The Bertz CT molecular complexity index is 603. The van der Waals surface area contributed by atoms with E-state index in [0.717, 1.165) is 25.6 Å². The zero-order valence-electron chi connectivity index (χ0n) is 11.0. The lowest BCUT2D eigenvalue weighted by molar-refractivity contribution is 0.185. The normalized spacial score (nSPS) is 12.4. The van der Waals surface area contributed by atoms with Gasteiger partial charge < -0.3 is 10.1 Å². The number of rotatable bonds is 5. The fourth-order valence-electron chi connectivity index (χ4n) is 1.94. The van der Waals surface area contributed by atoms with E-state index in [4.69, 9.17) is 27.9 Å². The van der Waals surface area contributed by atoms with Crippen LogP contribution < -0.4 is 5.32 Å². The highest BCUT2D eigenvalue weighted by atomic mass is 79.9. The van der Waals surface area contributed by atoms with Crippen molar-refractivity contribution >= 4 is 56.2 Å². The Morgan fingerprint density at radius 1 is 1.40 bits per heavy atom. The van der Waals surface area contributed by atoms with Crippen molar-refractivity contribution in [2.45, 2.75) is 19.6 Å². The largest absolute Gasteiger partial charge is 0.380 e. The maximum Gasteiger partial charge on any atom is 0.0996 e. The van der Waals surface area contributed by atoms with E-state index in [9.17, 15) is 0 Å². The molecule has 2 aromatic rings. The molecular formula is C14H14BrCl2NOS. The van der Waals surface area contributed by atoms with Gasteiger partial charge in [-0.05, 0) is 25.1 Å². The lowest BCUT2D eigenvalue weighted by Crippen LogP contribution is -2.08. The van der Waals surface area contributed by atoms with Gasteiger partial charge in [-0.2, -0.15) is 0 Å². The third-order valence-corrected chi connectivity index (χ3v) is 5.19. The highest BCUT2D eigenvalue weighted by Crippen LogP contribution is 2.37. The van der Waals surface area contributed by atoms with Crippen LogP contribution in [0.15, 0.2) is 28.7 Å². The molecule has 0 fully saturated rings. The lowest BCUT2D eigenvalue weighted by Gasteiger charge is -2.18. The van der Waals surface area contributed by atoms with Gasteiger partial charge in [0.2, 0.25) is 0 Å². The standard InChI is InChI=1S/C14H14BrCl2NOS/c1-8(9-6-13(16)20-14(9)17)18-12-5-3-4-11(15)10(12)7-19-2/h3-6,8,18H,7H2,1-2H3. The summed E-state index contributed by atoms with van der Waals surface area (Å²) in [4.78, 5) is 0. The van der Waals surface area contributed by atoms with Crippen LogP contribution >= 0.6 is 50.5 Å². The summed E-state index contributed by atoms with van der Waals surface area (Å²) in [7, 11) is 1.68. The summed E-state index contributed by atoms with van der Waals surface area (Å²) >= 11 is 17.1. The Labute approximate surface area is 141 Å². The van der Waals surface area contributed by atoms with Crippen LogP contribution in [0.2, 0.25) is 8.67 Å². The fraction of sp³-hybridized carbons (Fsp3) is 0.286. The number of hydrogen-bond donors (Lipinski definition) is 1. The molecule has 0 bridgehead atoms. The van der Waals surface area contributed by atoms with Crippen LogP contribution in [0.1, 0.15) is 24.1 Å². The summed E-state index contributed by atoms with van der Waals surface area (Å²) in [6, 6.07) is 7.98. The van der Waals surface area contributed by atoms with Gasteiger partial charge in [-0.1, -0.05) is 45.2 Å². The van der Waals surface area contributed by atoms with E-state index in [1.54, 1.807) is 7.11 Å². The number of ether oxygens (including phenoxy) is 1. The number of benzene rings is 1. The highest BCUT2D eigenvalue weighted by Gasteiger charge is 2.15. The molecule has 1 heterocycles. The maximum atomic E-state index is 6.20. The minimum Gasteiger partial charge on any atom is -0.380 e. The van der Waals surface area contributed by atoms with Gasteiger partial charge in [0.1, 0.15) is 0 Å². The summed E-state index contributed by atoms with van der Waals surface area (Å²) in [5.41, 5.74) is 3.11. The Kier molecular flexibility index (Phi) is 5.75. The number of nitrogens with one attached hydrogen (secondary N) is 1. The number of halogens is 3. The molecule has 1 aromatic carbocycles. The second-order valence-electron chi connectivity index (χ2n) is 4.34. The van der Waals surface area contributed by atoms with Crippen molar-refractivity contribution in [2.24, 2.45) is 0 Å². The van der Waals surface area contributed by atoms with Gasteiger partial charge in [0.15, 0.2) is 0 Å². The second-order valence-corrected chi connectivity index (χ2v) is 7.48. The van der Waals surface area contributed by atoms with Crippen molar-refractivity contribution in [1.29, 1.82) is 0 Å². The zero-order chi connectivity index (χ0) is 14.7. The number of hydrogen-bond acceptors (Lipinski definition) is 3. The predicted octanol–water partition coefficient (Wildman–Crippen LogP) is 6.14. The average molecular weight is 395 g/mol.